The second kappa shape index (κ2) is 8.42. The fraction of sp³-hybridized carbons (Fsp3) is 0.350. The highest BCUT2D eigenvalue weighted by Crippen LogP contribution is 2.31. The maximum absolute atomic E-state index is 12.4. The van der Waals surface area contributed by atoms with Crippen LogP contribution in [0.4, 0.5) is 0 Å². The number of carbonyl (C=O) groups excluding carboxylic acids is 1. The third-order valence-corrected chi connectivity index (χ3v) is 4.16. The van der Waals surface area contributed by atoms with Crippen LogP contribution in [0.2, 0.25) is 0 Å². The predicted molar refractivity (Wildman–Crippen MR) is 97.4 cm³/mol. The molecule has 0 aromatic heterocycles. The van der Waals surface area contributed by atoms with Crippen LogP contribution in [0.1, 0.15) is 16.7 Å². The van der Waals surface area contributed by atoms with E-state index in [-0.39, 0.29) is 12.5 Å². The number of carbonyl (C=O) groups is 1. The fourth-order valence-corrected chi connectivity index (χ4v) is 2.48. The Morgan fingerprint density at radius 3 is 2.44 bits per heavy atom. The van der Waals surface area contributed by atoms with Crippen molar-refractivity contribution in [3.8, 4) is 17.2 Å². The Morgan fingerprint density at radius 2 is 1.80 bits per heavy atom. The highest BCUT2D eigenvalue weighted by Gasteiger charge is 2.15. The molecule has 0 spiro atoms. The summed E-state index contributed by atoms with van der Waals surface area (Å²) in [7, 11) is 4.92. The van der Waals surface area contributed by atoms with Crippen molar-refractivity contribution in [1.82, 2.24) is 4.90 Å². The summed E-state index contributed by atoms with van der Waals surface area (Å²) in [6.07, 6.45) is 0. The van der Waals surface area contributed by atoms with Crippen LogP contribution in [0, 0.1) is 13.8 Å². The minimum Gasteiger partial charge on any atom is -0.493 e. The molecule has 0 radical (unpaired) electrons. The van der Waals surface area contributed by atoms with Crippen molar-refractivity contribution in [2.24, 2.45) is 0 Å². The van der Waals surface area contributed by atoms with Crippen LogP contribution in [0.25, 0.3) is 0 Å². The first kappa shape index (κ1) is 18.6. The zero-order valence-electron chi connectivity index (χ0n) is 15.5. The van der Waals surface area contributed by atoms with Crippen molar-refractivity contribution < 1.29 is 19.0 Å². The van der Waals surface area contributed by atoms with E-state index >= 15 is 0 Å². The fourth-order valence-electron chi connectivity index (χ4n) is 2.48. The highest BCUT2D eigenvalue weighted by atomic mass is 16.5. The van der Waals surface area contributed by atoms with Gasteiger partial charge in [0.1, 0.15) is 5.75 Å². The Labute approximate surface area is 149 Å². The predicted octanol–water partition coefficient (Wildman–Crippen LogP) is 3.36. The van der Waals surface area contributed by atoms with Crippen molar-refractivity contribution in [2.75, 3.05) is 27.9 Å². The number of nitrogens with zero attached hydrogens (tertiary/aromatic N) is 1. The molecule has 25 heavy (non-hydrogen) atoms. The molecule has 2 aromatic rings. The van der Waals surface area contributed by atoms with Crippen LogP contribution in [-0.2, 0) is 11.3 Å². The molecular formula is C20H25NO4. The number of benzene rings is 2. The van der Waals surface area contributed by atoms with Gasteiger partial charge in [-0.3, -0.25) is 4.79 Å². The van der Waals surface area contributed by atoms with Gasteiger partial charge in [0.2, 0.25) is 0 Å². The lowest BCUT2D eigenvalue weighted by Gasteiger charge is -2.20. The van der Waals surface area contributed by atoms with E-state index in [1.165, 1.54) is 5.56 Å². The average molecular weight is 343 g/mol. The van der Waals surface area contributed by atoms with Crippen LogP contribution in [-0.4, -0.2) is 38.7 Å². The number of hydrogen-bond acceptors (Lipinski definition) is 4. The van der Waals surface area contributed by atoms with Crippen molar-refractivity contribution >= 4 is 5.91 Å². The lowest BCUT2D eigenvalue weighted by atomic mass is 10.1. The SMILES string of the molecule is COc1cccc(CN(C)C(=O)COc2ccc(C)c(C)c2)c1OC. The molecule has 0 aliphatic rings. The molecule has 0 heterocycles. The van der Waals surface area contributed by atoms with E-state index in [1.807, 2.05) is 50.2 Å². The summed E-state index contributed by atoms with van der Waals surface area (Å²) in [4.78, 5) is 14.0. The largest absolute Gasteiger partial charge is 0.493 e. The second-order valence-electron chi connectivity index (χ2n) is 5.94. The summed E-state index contributed by atoms with van der Waals surface area (Å²) in [6, 6.07) is 11.4. The molecule has 1 amide bonds. The Balaban J connectivity index is 1.99. The molecule has 0 bridgehead atoms. The van der Waals surface area contributed by atoms with Gasteiger partial charge in [0.05, 0.1) is 14.2 Å². The van der Waals surface area contributed by atoms with Gasteiger partial charge in [0, 0.05) is 19.2 Å². The van der Waals surface area contributed by atoms with Gasteiger partial charge in [-0.1, -0.05) is 18.2 Å². The molecule has 2 aromatic carbocycles. The van der Waals surface area contributed by atoms with E-state index in [1.54, 1.807) is 26.2 Å². The van der Waals surface area contributed by atoms with Crippen molar-refractivity contribution in [2.45, 2.75) is 20.4 Å². The Bertz CT molecular complexity index is 742. The smallest absolute Gasteiger partial charge is 0.260 e. The molecule has 0 aliphatic heterocycles. The molecule has 0 atom stereocenters. The standard InChI is InChI=1S/C20H25NO4/c1-14-9-10-17(11-15(14)2)25-13-19(22)21(3)12-16-7-6-8-18(23-4)20(16)24-5/h6-11H,12-13H2,1-5H3. The topological polar surface area (TPSA) is 48.0 Å². The Morgan fingerprint density at radius 1 is 1.04 bits per heavy atom. The zero-order valence-corrected chi connectivity index (χ0v) is 15.5. The van der Waals surface area contributed by atoms with Crippen LogP contribution >= 0.6 is 0 Å². The van der Waals surface area contributed by atoms with Gasteiger partial charge < -0.3 is 19.1 Å². The molecule has 0 aliphatic carbocycles. The van der Waals surface area contributed by atoms with Gasteiger partial charge in [0.25, 0.3) is 5.91 Å². The Kier molecular flexibility index (Phi) is 6.28. The quantitative estimate of drug-likeness (QED) is 0.773. The van der Waals surface area contributed by atoms with Gasteiger partial charge in [0.15, 0.2) is 18.1 Å². The molecule has 5 heteroatoms. The number of aryl methyl sites for hydroxylation is 2. The lowest BCUT2D eigenvalue weighted by Crippen LogP contribution is -2.31. The summed E-state index contributed by atoms with van der Waals surface area (Å²) in [5, 5.41) is 0. The van der Waals surface area contributed by atoms with Crippen LogP contribution in [0.3, 0.4) is 0 Å². The van der Waals surface area contributed by atoms with E-state index < -0.39 is 0 Å². The van der Waals surface area contributed by atoms with Gasteiger partial charge in [-0.2, -0.15) is 0 Å². The van der Waals surface area contributed by atoms with E-state index in [0.717, 1.165) is 11.1 Å². The van der Waals surface area contributed by atoms with Crippen molar-refractivity contribution in [3.63, 3.8) is 0 Å². The molecule has 0 saturated carbocycles. The molecule has 0 fully saturated rings. The van der Waals surface area contributed by atoms with E-state index in [0.29, 0.717) is 23.8 Å². The molecule has 2 rings (SSSR count). The number of amides is 1. The molecule has 0 unspecified atom stereocenters. The first-order chi connectivity index (χ1) is 12.0. The summed E-state index contributed by atoms with van der Waals surface area (Å²) in [5.74, 6) is 1.87. The summed E-state index contributed by atoms with van der Waals surface area (Å²) >= 11 is 0. The molecule has 0 N–H and O–H groups in total. The highest BCUT2D eigenvalue weighted by molar-refractivity contribution is 5.77. The summed E-state index contributed by atoms with van der Waals surface area (Å²) in [6.45, 7) is 4.46. The monoisotopic (exact) mass is 343 g/mol. The maximum atomic E-state index is 12.4. The van der Waals surface area contributed by atoms with Crippen molar-refractivity contribution in [3.05, 3.63) is 53.1 Å². The van der Waals surface area contributed by atoms with Crippen molar-refractivity contribution in [1.29, 1.82) is 0 Å². The third-order valence-electron chi connectivity index (χ3n) is 4.16. The van der Waals surface area contributed by atoms with E-state index in [2.05, 4.69) is 0 Å². The number of rotatable bonds is 7. The number of methoxy groups -OCH3 is 2. The minimum absolute atomic E-state index is 0.00865. The van der Waals surface area contributed by atoms with Crippen LogP contribution < -0.4 is 14.2 Å². The normalized spacial score (nSPS) is 10.3. The third kappa shape index (κ3) is 4.66. The van der Waals surface area contributed by atoms with Crippen LogP contribution in [0.5, 0.6) is 17.2 Å². The summed E-state index contributed by atoms with van der Waals surface area (Å²) in [5.41, 5.74) is 3.21. The zero-order chi connectivity index (χ0) is 18.4. The molecular weight excluding hydrogens is 318 g/mol. The number of hydrogen-bond donors (Lipinski definition) is 0. The lowest BCUT2D eigenvalue weighted by molar-refractivity contribution is -0.132. The average Bonchev–Trinajstić information content (AvgIpc) is 2.62. The van der Waals surface area contributed by atoms with Gasteiger partial charge >= 0.3 is 0 Å². The number of para-hydroxylation sites is 1. The van der Waals surface area contributed by atoms with E-state index in [4.69, 9.17) is 14.2 Å². The molecule has 134 valence electrons. The molecule has 0 saturated heterocycles. The van der Waals surface area contributed by atoms with Gasteiger partial charge in [-0.25, -0.2) is 0 Å². The first-order valence-electron chi connectivity index (χ1n) is 8.10. The number of likely N-dealkylation sites (N-methyl/N-ethyl adjacent to an activating group) is 1. The first-order valence-corrected chi connectivity index (χ1v) is 8.10. The summed E-state index contributed by atoms with van der Waals surface area (Å²) < 4.78 is 16.3. The second-order valence-corrected chi connectivity index (χ2v) is 5.94. The molecule has 5 nitrogen and oxygen atoms in total. The number of ether oxygens (including phenoxy) is 3. The van der Waals surface area contributed by atoms with Gasteiger partial charge in [-0.05, 0) is 43.2 Å². The maximum Gasteiger partial charge on any atom is 0.260 e. The van der Waals surface area contributed by atoms with Gasteiger partial charge in [-0.15, -0.1) is 0 Å². The van der Waals surface area contributed by atoms with Crippen LogP contribution in [0.15, 0.2) is 36.4 Å². The minimum atomic E-state index is -0.108. The Hall–Kier alpha value is -2.69. The van der Waals surface area contributed by atoms with E-state index in [9.17, 15) is 4.79 Å².